The number of aromatic nitrogens is 3. The van der Waals surface area contributed by atoms with Crippen molar-refractivity contribution in [2.75, 3.05) is 11.4 Å². The molecule has 1 aliphatic heterocycles. The molecule has 3 heterocycles. The monoisotopic (exact) mass is 310 g/mol. The minimum atomic E-state index is -0.215. The van der Waals surface area contributed by atoms with E-state index < -0.39 is 0 Å². The van der Waals surface area contributed by atoms with Crippen molar-refractivity contribution in [1.29, 1.82) is 0 Å². The molecule has 0 fully saturated rings. The van der Waals surface area contributed by atoms with Gasteiger partial charge < -0.3 is 9.32 Å². The van der Waals surface area contributed by atoms with Crippen LogP contribution in [0.1, 0.15) is 17.0 Å². The van der Waals surface area contributed by atoms with Crippen molar-refractivity contribution in [2.45, 2.75) is 19.9 Å². The summed E-state index contributed by atoms with van der Waals surface area (Å²) in [4.78, 5) is 14.7. The van der Waals surface area contributed by atoms with E-state index in [0.717, 1.165) is 35.7 Å². The first kappa shape index (κ1) is 13.9. The molecule has 23 heavy (non-hydrogen) atoms. The molecule has 2 aromatic heterocycles. The van der Waals surface area contributed by atoms with Crippen LogP contribution in [-0.2, 0) is 13.0 Å². The van der Waals surface area contributed by atoms with Gasteiger partial charge in [-0.3, -0.25) is 0 Å². The molecule has 4 rings (SSSR count). The molecule has 0 radical (unpaired) electrons. The maximum Gasteiger partial charge on any atom is 0.245 e. The summed E-state index contributed by atoms with van der Waals surface area (Å²) in [5.41, 5.74) is 3.33. The molecule has 0 amide bonds. The maximum absolute atomic E-state index is 13.6. The number of aryl methyl sites for hydroxylation is 1. The highest BCUT2D eigenvalue weighted by Gasteiger charge is 2.23. The number of halogens is 1. The molecular formula is C17H15FN4O. The van der Waals surface area contributed by atoms with E-state index in [9.17, 15) is 4.39 Å². The zero-order chi connectivity index (χ0) is 15.8. The molecule has 0 saturated carbocycles. The second-order valence-electron chi connectivity index (χ2n) is 5.64. The van der Waals surface area contributed by atoms with Crippen molar-refractivity contribution in [3.63, 3.8) is 0 Å². The Bertz CT molecular complexity index is 827. The number of hydrogen-bond acceptors (Lipinski definition) is 5. The average molecular weight is 310 g/mol. The van der Waals surface area contributed by atoms with Crippen molar-refractivity contribution in [3.05, 3.63) is 59.6 Å². The van der Waals surface area contributed by atoms with Gasteiger partial charge in [0.15, 0.2) is 0 Å². The minimum absolute atomic E-state index is 0.215. The van der Waals surface area contributed by atoms with Crippen LogP contribution in [-0.4, -0.2) is 21.5 Å². The summed E-state index contributed by atoms with van der Waals surface area (Å²) in [6.07, 6.45) is 3.87. The third-order valence-electron chi connectivity index (χ3n) is 3.92. The molecule has 116 valence electrons. The summed E-state index contributed by atoms with van der Waals surface area (Å²) in [7, 11) is 0. The average Bonchev–Trinajstić information content (AvgIpc) is 2.98. The molecule has 0 aliphatic carbocycles. The zero-order valence-electron chi connectivity index (χ0n) is 12.7. The Balaban J connectivity index is 1.63. The van der Waals surface area contributed by atoms with Gasteiger partial charge in [-0.15, -0.1) is 0 Å². The molecule has 0 unspecified atom stereocenters. The van der Waals surface area contributed by atoms with E-state index in [-0.39, 0.29) is 5.82 Å². The van der Waals surface area contributed by atoms with E-state index in [1.165, 1.54) is 12.4 Å². The number of rotatable bonds is 2. The Labute approximate surface area is 132 Å². The Hall–Kier alpha value is -2.76. The van der Waals surface area contributed by atoms with E-state index in [1.807, 2.05) is 13.0 Å². The third-order valence-corrected chi connectivity index (χ3v) is 3.92. The smallest absolute Gasteiger partial charge is 0.245 e. The SMILES string of the molecule is Cc1cc(F)cc(N2CCc3oc(-c4ccncn4)nc3C2)c1. The van der Waals surface area contributed by atoms with E-state index in [1.54, 1.807) is 18.3 Å². The van der Waals surface area contributed by atoms with Crippen LogP contribution >= 0.6 is 0 Å². The molecule has 1 aliphatic rings. The van der Waals surface area contributed by atoms with Crippen LogP contribution in [0.5, 0.6) is 0 Å². The van der Waals surface area contributed by atoms with Crippen molar-refractivity contribution in [1.82, 2.24) is 15.0 Å². The van der Waals surface area contributed by atoms with Crippen LogP contribution in [0, 0.1) is 12.7 Å². The van der Waals surface area contributed by atoms with E-state index >= 15 is 0 Å². The summed E-state index contributed by atoms with van der Waals surface area (Å²) >= 11 is 0. The zero-order valence-corrected chi connectivity index (χ0v) is 12.7. The van der Waals surface area contributed by atoms with Crippen LogP contribution < -0.4 is 4.90 Å². The molecule has 3 aromatic rings. The second-order valence-corrected chi connectivity index (χ2v) is 5.64. The minimum Gasteiger partial charge on any atom is -0.439 e. The molecular weight excluding hydrogens is 295 g/mol. The van der Waals surface area contributed by atoms with Crippen LogP contribution in [0.25, 0.3) is 11.6 Å². The molecule has 5 nitrogen and oxygen atoms in total. The quantitative estimate of drug-likeness (QED) is 0.728. The van der Waals surface area contributed by atoms with E-state index in [4.69, 9.17) is 4.42 Å². The largest absolute Gasteiger partial charge is 0.439 e. The summed E-state index contributed by atoms with van der Waals surface area (Å²) < 4.78 is 19.5. The normalized spacial score (nSPS) is 13.9. The fourth-order valence-electron chi connectivity index (χ4n) is 2.85. The van der Waals surface area contributed by atoms with Crippen LogP contribution in [0.3, 0.4) is 0 Å². The van der Waals surface area contributed by atoms with Crippen LogP contribution in [0.4, 0.5) is 10.1 Å². The Kier molecular flexibility index (Phi) is 3.29. The van der Waals surface area contributed by atoms with Gasteiger partial charge in [0.25, 0.3) is 0 Å². The lowest BCUT2D eigenvalue weighted by atomic mass is 10.1. The molecule has 0 bridgehead atoms. The number of oxazole rings is 1. The standard InChI is InChI=1S/C17H15FN4O/c1-11-6-12(18)8-13(7-11)22-5-3-16-15(9-22)21-17(23-16)14-2-4-19-10-20-14/h2,4,6-8,10H,3,5,9H2,1H3. The van der Waals surface area contributed by atoms with Crippen molar-refractivity contribution in [3.8, 4) is 11.6 Å². The fourth-order valence-corrected chi connectivity index (χ4v) is 2.85. The second kappa shape index (κ2) is 5.46. The van der Waals surface area contributed by atoms with Gasteiger partial charge in [0.2, 0.25) is 5.89 Å². The maximum atomic E-state index is 13.6. The predicted octanol–water partition coefficient (Wildman–Crippen LogP) is 3.14. The first-order valence-electron chi connectivity index (χ1n) is 7.46. The van der Waals surface area contributed by atoms with Gasteiger partial charge in [-0.25, -0.2) is 19.3 Å². The Morgan fingerprint density at radius 2 is 2.17 bits per heavy atom. The van der Waals surface area contributed by atoms with Gasteiger partial charge in [0.1, 0.15) is 29.3 Å². The lowest BCUT2D eigenvalue weighted by molar-refractivity contribution is 0.497. The van der Waals surface area contributed by atoms with Crippen molar-refractivity contribution < 1.29 is 8.81 Å². The van der Waals surface area contributed by atoms with Gasteiger partial charge in [0.05, 0.1) is 6.54 Å². The van der Waals surface area contributed by atoms with Gasteiger partial charge in [-0.1, -0.05) is 0 Å². The number of anilines is 1. The third kappa shape index (κ3) is 2.67. The molecule has 6 heteroatoms. The molecule has 0 atom stereocenters. The topological polar surface area (TPSA) is 55.1 Å². The van der Waals surface area contributed by atoms with Crippen molar-refractivity contribution >= 4 is 5.69 Å². The van der Waals surface area contributed by atoms with Gasteiger partial charge in [-0.05, 0) is 36.8 Å². The summed E-state index contributed by atoms with van der Waals surface area (Å²) in [6.45, 7) is 3.27. The van der Waals surface area contributed by atoms with Crippen LogP contribution in [0.2, 0.25) is 0 Å². The van der Waals surface area contributed by atoms with E-state index in [0.29, 0.717) is 18.1 Å². The number of nitrogens with zero attached hydrogens (tertiary/aromatic N) is 4. The first-order valence-corrected chi connectivity index (χ1v) is 7.46. The molecule has 0 saturated heterocycles. The lowest BCUT2D eigenvalue weighted by Gasteiger charge is -2.27. The first-order chi connectivity index (χ1) is 11.2. The predicted molar refractivity (Wildman–Crippen MR) is 83.4 cm³/mol. The van der Waals surface area contributed by atoms with Gasteiger partial charge >= 0.3 is 0 Å². The Morgan fingerprint density at radius 3 is 2.96 bits per heavy atom. The van der Waals surface area contributed by atoms with E-state index in [2.05, 4.69) is 19.9 Å². The van der Waals surface area contributed by atoms with Crippen molar-refractivity contribution in [2.24, 2.45) is 0 Å². The number of fused-ring (bicyclic) bond motifs is 1. The highest BCUT2D eigenvalue weighted by molar-refractivity contribution is 5.52. The molecule has 0 N–H and O–H groups in total. The summed E-state index contributed by atoms with van der Waals surface area (Å²) in [5, 5.41) is 0. The Morgan fingerprint density at radius 1 is 1.26 bits per heavy atom. The summed E-state index contributed by atoms with van der Waals surface area (Å²) in [5.74, 6) is 1.17. The molecule has 1 aromatic carbocycles. The number of benzene rings is 1. The van der Waals surface area contributed by atoms with Gasteiger partial charge in [-0.2, -0.15) is 0 Å². The van der Waals surface area contributed by atoms with Crippen LogP contribution in [0.15, 0.2) is 41.2 Å². The highest BCUT2D eigenvalue weighted by Crippen LogP contribution is 2.28. The number of hydrogen-bond donors (Lipinski definition) is 0. The fraction of sp³-hybridized carbons (Fsp3) is 0.235. The molecule has 0 spiro atoms. The lowest BCUT2D eigenvalue weighted by Crippen LogP contribution is -2.30. The van der Waals surface area contributed by atoms with Gasteiger partial charge in [0, 0.05) is 24.8 Å². The highest BCUT2D eigenvalue weighted by atomic mass is 19.1. The summed E-state index contributed by atoms with van der Waals surface area (Å²) in [6, 6.07) is 6.84.